The standard InChI is InChI=1S/C34H38BrNO10/c1-34(2,3)46-33(39)36-23(15-19-8-11-22(35)12-9-19)32(38)45-25-16-20(10-13-24(25)40-4)14-21-18-44-26-17-27(41-5)30(42-6)31(43-7)28(26)29(21)37/h8-13,16-17,21,23H,14-15,18H2,1-7H3,(H,36,39)/t21?,23-/m0/s1. The summed E-state index contributed by atoms with van der Waals surface area (Å²) >= 11 is 3.41. The number of hydrogen-bond donors (Lipinski definition) is 1. The molecule has 0 fully saturated rings. The summed E-state index contributed by atoms with van der Waals surface area (Å²) in [5.74, 6) is 0.181. The fourth-order valence-electron chi connectivity index (χ4n) is 4.99. The molecular weight excluding hydrogens is 662 g/mol. The predicted molar refractivity (Wildman–Crippen MR) is 173 cm³/mol. The molecule has 0 saturated carbocycles. The van der Waals surface area contributed by atoms with Crippen molar-refractivity contribution in [2.45, 2.75) is 45.3 Å². The molecule has 3 aromatic rings. The molecule has 12 heteroatoms. The van der Waals surface area contributed by atoms with Crippen LogP contribution in [0.2, 0.25) is 0 Å². The molecule has 0 aromatic heterocycles. The normalized spacial score (nSPS) is 14.7. The third-order valence-electron chi connectivity index (χ3n) is 7.10. The summed E-state index contributed by atoms with van der Waals surface area (Å²) in [6.07, 6.45) is -0.340. The summed E-state index contributed by atoms with van der Waals surface area (Å²) < 4.78 is 39.9. The topological polar surface area (TPSA) is 128 Å². The molecule has 11 nitrogen and oxygen atoms in total. The van der Waals surface area contributed by atoms with Gasteiger partial charge in [-0.05, 0) is 62.6 Å². The van der Waals surface area contributed by atoms with Gasteiger partial charge in [-0.25, -0.2) is 9.59 Å². The van der Waals surface area contributed by atoms with Crippen molar-refractivity contribution in [2.24, 2.45) is 5.92 Å². The van der Waals surface area contributed by atoms with Crippen molar-refractivity contribution in [3.05, 3.63) is 69.7 Å². The zero-order valence-electron chi connectivity index (χ0n) is 26.9. The van der Waals surface area contributed by atoms with E-state index in [-0.39, 0.29) is 48.0 Å². The number of rotatable bonds is 11. The van der Waals surface area contributed by atoms with Crippen LogP contribution in [-0.4, -0.2) is 64.5 Å². The predicted octanol–water partition coefficient (Wildman–Crippen LogP) is 5.96. The maximum absolute atomic E-state index is 13.7. The van der Waals surface area contributed by atoms with Crippen molar-refractivity contribution in [1.29, 1.82) is 0 Å². The van der Waals surface area contributed by atoms with E-state index in [1.54, 1.807) is 45.0 Å². The highest BCUT2D eigenvalue weighted by molar-refractivity contribution is 9.10. The largest absolute Gasteiger partial charge is 0.493 e. The molecule has 1 unspecified atom stereocenters. The maximum atomic E-state index is 13.7. The van der Waals surface area contributed by atoms with Crippen molar-refractivity contribution < 1.29 is 47.5 Å². The molecule has 4 rings (SSSR count). The second-order valence-electron chi connectivity index (χ2n) is 11.5. The number of methoxy groups -OCH3 is 4. The van der Waals surface area contributed by atoms with Gasteiger partial charge in [-0.3, -0.25) is 4.79 Å². The van der Waals surface area contributed by atoms with Crippen LogP contribution in [0.15, 0.2) is 53.0 Å². The van der Waals surface area contributed by atoms with E-state index < -0.39 is 29.6 Å². The van der Waals surface area contributed by atoms with E-state index in [1.807, 2.05) is 24.3 Å². The minimum absolute atomic E-state index is 0.112. The number of ether oxygens (including phenoxy) is 7. The molecule has 0 saturated heterocycles. The summed E-state index contributed by atoms with van der Waals surface area (Å²) in [5.41, 5.74) is 0.983. The lowest BCUT2D eigenvalue weighted by Crippen LogP contribution is -2.46. The highest BCUT2D eigenvalue weighted by atomic mass is 79.9. The lowest BCUT2D eigenvalue weighted by molar-refractivity contribution is -0.136. The van der Waals surface area contributed by atoms with Crippen LogP contribution < -0.4 is 33.7 Å². The summed E-state index contributed by atoms with van der Waals surface area (Å²) in [7, 11) is 5.85. The maximum Gasteiger partial charge on any atom is 0.408 e. The second-order valence-corrected chi connectivity index (χ2v) is 12.4. The molecule has 46 heavy (non-hydrogen) atoms. The first-order valence-electron chi connectivity index (χ1n) is 14.5. The number of alkyl carbamates (subject to hydrolysis) is 1. The van der Waals surface area contributed by atoms with Gasteiger partial charge in [0.25, 0.3) is 0 Å². The molecular formula is C34H38BrNO10. The Morgan fingerprint density at radius 1 is 0.891 bits per heavy atom. The number of benzene rings is 3. The van der Waals surface area contributed by atoms with Crippen LogP contribution in [0, 0.1) is 5.92 Å². The Hall–Kier alpha value is -4.45. The Morgan fingerprint density at radius 3 is 2.15 bits per heavy atom. The third-order valence-corrected chi connectivity index (χ3v) is 7.63. The lowest BCUT2D eigenvalue weighted by atomic mass is 9.88. The van der Waals surface area contributed by atoms with Crippen LogP contribution >= 0.6 is 15.9 Å². The van der Waals surface area contributed by atoms with Crippen LogP contribution in [-0.2, 0) is 22.4 Å². The van der Waals surface area contributed by atoms with E-state index in [1.165, 1.54) is 28.4 Å². The zero-order valence-corrected chi connectivity index (χ0v) is 28.4. The van der Waals surface area contributed by atoms with Gasteiger partial charge in [0.2, 0.25) is 5.75 Å². The summed E-state index contributed by atoms with van der Waals surface area (Å²) in [4.78, 5) is 39.9. The van der Waals surface area contributed by atoms with E-state index in [2.05, 4.69) is 21.2 Å². The van der Waals surface area contributed by atoms with E-state index in [0.29, 0.717) is 22.8 Å². The summed E-state index contributed by atoms with van der Waals surface area (Å²) in [6, 6.07) is 13.0. The fourth-order valence-corrected chi connectivity index (χ4v) is 5.26. The molecule has 246 valence electrons. The molecule has 0 aliphatic carbocycles. The average molecular weight is 701 g/mol. The SMILES string of the molecule is COc1ccc(CC2COc3cc(OC)c(OC)c(OC)c3C2=O)cc1OC(=O)[C@H](Cc1ccc(Br)cc1)NC(=O)OC(C)(C)C. The minimum Gasteiger partial charge on any atom is -0.493 e. The number of nitrogens with one attached hydrogen (secondary N) is 1. The number of fused-ring (bicyclic) bond motifs is 1. The lowest BCUT2D eigenvalue weighted by Gasteiger charge is -2.27. The third kappa shape index (κ3) is 8.22. The number of amides is 1. The Labute approximate surface area is 276 Å². The Morgan fingerprint density at radius 2 is 1.54 bits per heavy atom. The number of halogens is 1. The van der Waals surface area contributed by atoms with E-state index in [0.717, 1.165) is 10.0 Å². The molecule has 1 N–H and O–H groups in total. The van der Waals surface area contributed by atoms with Crippen LogP contribution in [0.5, 0.6) is 34.5 Å². The van der Waals surface area contributed by atoms with Gasteiger partial charge < -0.3 is 38.5 Å². The van der Waals surface area contributed by atoms with Crippen LogP contribution in [0.4, 0.5) is 4.79 Å². The van der Waals surface area contributed by atoms with Crippen molar-refractivity contribution in [1.82, 2.24) is 5.32 Å². The van der Waals surface area contributed by atoms with Crippen molar-refractivity contribution in [3.8, 4) is 34.5 Å². The highest BCUT2D eigenvalue weighted by Gasteiger charge is 2.36. The van der Waals surface area contributed by atoms with Crippen LogP contribution in [0.3, 0.4) is 0 Å². The van der Waals surface area contributed by atoms with Crippen molar-refractivity contribution in [2.75, 3.05) is 35.0 Å². The fraction of sp³-hybridized carbons (Fsp3) is 0.382. The first-order valence-corrected chi connectivity index (χ1v) is 15.3. The highest BCUT2D eigenvalue weighted by Crippen LogP contribution is 2.47. The monoisotopic (exact) mass is 699 g/mol. The van der Waals surface area contributed by atoms with Gasteiger partial charge in [0, 0.05) is 17.0 Å². The van der Waals surface area contributed by atoms with E-state index >= 15 is 0 Å². The zero-order chi connectivity index (χ0) is 33.6. The van der Waals surface area contributed by atoms with Gasteiger partial charge in [0.05, 0.1) is 41.0 Å². The molecule has 0 spiro atoms. The molecule has 1 heterocycles. The Bertz CT molecular complexity index is 1580. The first-order chi connectivity index (χ1) is 21.9. The van der Waals surface area contributed by atoms with Gasteiger partial charge in [-0.15, -0.1) is 0 Å². The molecule has 0 radical (unpaired) electrons. The number of carbonyl (C=O) groups excluding carboxylic acids is 3. The quantitative estimate of drug-likeness (QED) is 0.189. The van der Waals surface area contributed by atoms with Crippen molar-refractivity contribution in [3.63, 3.8) is 0 Å². The van der Waals surface area contributed by atoms with Crippen LogP contribution in [0.1, 0.15) is 42.3 Å². The molecule has 1 amide bonds. The number of ketones is 1. The van der Waals surface area contributed by atoms with Gasteiger partial charge in [-0.1, -0.05) is 34.1 Å². The van der Waals surface area contributed by atoms with Crippen LogP contribution in [0.25, 0.3) is 0 Å². The van der Waals surface area contributed by atoms with Gasteiger partial charge in [-0.2, -0.15) is 0 Å². The molecule has 0 bridgehead atoms. The number of esters is 1. The number of Topliss-reactive ketones (excluding diaryl/α,β-unsaturated/α-hetero) is 1. The van der Waals surface area contributed by atoms with E-state index in [9.17, 15) is 14.4 Å². The van der Waals surface area contributed by atoms with E-state index in [4.69, 9.17) is 33.2 Å². The molecule has 1 aliphatic heterocycles. The number of hydrogen-bond acceptors (Lipinski definition) is 10. The van der Waals surface area contributed by atoms with Crippen molar-refractivity contribution >= 4 is 33.8 Å². The van der Waals surface area contributed by atoms with Gasteiger partial charge in [0.15, 0.2) is 28.8 Å². The summed E-state index contributed by atoms with van der Waals surface area (Å²) in [5, 5.41) is 2.64. The van der Waals surface area contributed by atoms with Gasteiger partial charge >= 0.3 is 12.1 Å². The van der Waals surface area contributed by atoms with Gasteiger partial charge in [0.1, 0.15) is 23.0 Å². The number of carbonyl (C=O) groups is 3. The minimum atomic E-state index is -1.08. The molecule has 2 atom stereocenters. The Kier molecular flexibility index (Phi) is 11.0. The average Bonchev–Trinajstić information content (AvgIpc) is 3.01. The Balaban J connectivity index is 1.58. The summed E-state index contributed by atoms with van der Waals surface area (Å²) in [6.45, 7) is 5.31. The first kappa shape index (κ1) is 34.4. The second kappa shape index (κ2) is 14.8. The molecule has 3 aromatic carbocycles. The smallest absolute Gasteiger partial charge is 0.408 e. The molecule has 1 aliphatic rings.